The van der Waals surface area contributed by atoms with E-state index in [1.807, 2.05) is 0 Å². The average molecular weight is 294 g/mol. The molecular formula is C7H10N4O5S2. The summed E-state index contributed by atoms with van der Waals surface area (Å²) in [4.78, 5) is 17.5. The van der Waals surface area contributed by atoms with E-state index < -0.39 is 14.9 Å². The Labute approximate surface area is 107 Å². The maximum Gasteiger partial charge on any atom is 0.362 e. The first-order valence-electron chi connectivity index (χ1n) is 4.52. The predicted molar refractivity (Wildman–Crippen MR) is 63.9 cm³/mol. The van der Waals surface area contributed by atoms with Crippen LogP contribution in [0.1, 0.15) is 0 Å². The quantitative estimate of drug-likeness (QED) is 0.328. The highest BCUT2D eigenvalue weighted by Crippen LogP contribution is 2.33. The number of rotatable bonds is 6. The fourth-order valence-corrected chi connectivity index (χ4v) is 2.89. The van der Waals surface area contributed by atoms with Gasteiger partial charge in [-0.25, -0.2) is 18.5 Å². The van der Waals surface area contributed by atoms with Gasteiger partial charge in [0.25, 0.3) is 5.88 Å². The largest absolute Gasteiger partial charge is 0.476 e. The third-order valence-corrected chi connectivity index (χ3v) is 3.75. The second-order valence-corrected chi connectivity index (χ2v) is 5.83. The van der Waals surface area contributed by atoms with Crippen LogP contribution in [-0.2, 0) is 10.0 Å². The molecule has 0 aliphatic heterocycles. The van der Waals surface area contributed by atoms with Gasteiger partial charge in [-0.1, -0.05) is 11.8 Å². The van der Waals surface area contributed by atoms with Crippen LogP contribution in [0.2, 0.25) is 0 Å². The van der Waals surface area contributed by atoms with Crippen molar-refractivity contribution >= 4 is 27.5 Å². The molecule has 0 spiro atoms. The van der Waals surface area contributed by atoms with E-state index in [9.17, 15) is 18.5 Å². The fraction of sp³-hybridized carbons (Fsp3) is 0.429. The first kappa shape index (κ1) is 14.6. The molecule has 0 unspecified atom stereocenters. The molecule has 0 bridgehead atoms. The zero-order valence-electron chi connectivity index (χ0n) is 9.27. The van der Waals surface area contributed by atoms with E-state index in [0.717, 1.165) is 18.1 Å². The second kappa shape index (κ2) is 5.93. The van der Waals surface area contributed by atoms with E-state index in [1.54, 1.807) is 0 Å². The van der Waals surface area contributed by atoms with Crippen molar-refractivity contribution in [3.8, 4) is 5.88 Å². The Bertz CT molecular complexity index is 547. The zero-order valence-corrected chi connectivity index (χ0v) is 10.9. The van der Waals surface area contributed by atoms with Gasteiger partial charge in [-0.15, -0.1) is 0 Å². The van der Waals surface area contributed by atoms with Gasteiger partial charge in [-0.05, 0) is 0 Å². The number of methoxy groups -OCH3 is 1. The van der Waals surface area contributed by atoms with Gasteiger partial charge < -0.3 is 4.74 Å². The molecule has 1 heterocycles. The molecule has 1 aromatic heterocycles. The maximum absolute atomic E-state index is 10.9. The number of hydrogen-bond acceptors (Lipinski definition) is 8. The van der Waals surface area contributed by atoms with Crippen LogP contribution in [-0.4, -0.2) is 41.9 Å². The number of ether oxygens (including phenoxy) is 1. The van der Waals surface area contributed by atoms with Crippen molar-refractivity contribution in [2.45, 2.75) is 5.03 Å². The minimum Gasteiger partial charge on any atom is -0.476 e. The maximum atomic E-state index is 10.9. The summed E-state index contributed by atoms with van der Waals surface area (Å²) in [5.74, 6) is -0.422. The highest BCUT2D eigenvalue weighted by atomic mass is 32.2. The van der Waals surface area contributed by atoms with Crippen LogP contribution in [0.25, 0.3) is 0 Å². The molecule has 0 saturated heterocycles. The molecule has 0 atom stereocenters. The number of aromatic nitrogens is 2. The first-order chi connectivity index (χ1) is 8.35. The zero-order chi connectivity index (χ0) is 13.8. The Morgan fingerprint density at radius 2 is 2.22 bits per heavy atom. The minimum absolute atomic E-state index is 0.0375. The Morgan fingerprint density at radius 3 is 2.72 bits per heavy atom. The van der Waals surface area contributed by atoms with Crippen molar-refractivity contribution in [3.63, 3.8) is 0 Å². The topological polar surface area (TPSA) is 138 Å². The summed E-state index contributed by atoms with van der Waals surface area (Å²) in [7, 11) is -2.36. The smallest absolute Gasteiger partial charge is 0.362 e. The molecule has 11 heteroatoms. The van der Waals surface area contributed by atoms with Crippen molar-refractivity contribution in [2.75, 3.05) is 18.6 Å². The first-order valence-corrected chi connectivity index (χ1v) is 7.22. The normalized spacial score (nSPS) is 11.2. The van der Waals surface area contributed by atoms with Crippen LogP contribution in [0, 0.1) is 10.1 Å². The summed E-state index contributed by atoms with van der Waals surface area (Å²) >= 11 is 0.900. The standard InChI is InChI=1S/C7H10N4O5S2/c1-16-6-5(11(12)13)7(10-4-9-6)17-2-3-18(8,14)15/h4H,2-3H2,1H3,(H2,8,14,15). The molecule has 1 aromatic rings. The molecule has 9 nitrogen and oxygen atoms in total. The average Bonchev–Trinajstić information content (AvgIpc) is 2.26. The Hall–Kier alpha value is -1.46. The fourth-order valence-electron chi connectivity index (χ4n) is 1.01. The number of sulfonamides is 1. The van der Waals surface area contributed by atoms with Gasteiger partial charge >= 0.3 is 5.69 Å². The molecule has 100 valence electrons. The van der Waals surface area contributed by atoms with Crippen molar-refractivity contribution in [1.82, 2.24) is 9.97 Å². The molecule has 0 radical (unpaired) electrons. The van der Waals surface area contributed by atoms with Gasteiger partial charge in [0.05, 0.1) is 17.8 Å². The highest BCUT2D eigenvalue weighted by molar-refractivity contribution is 8.00. The summed E-state index contributed by atoms with van der Waals surface area (Å²) < 4.78 is 26.2. The lowest BCUT2D eigenvalue weighted by Gasteiger charge is -2.04. The predicted octanol–water partition coefficient (Wildman–Crippen LogP) is -0.226. The number of primary sulfonamides is 1. The van der Waals surface area contributed by atoms with Crippen LogP contribution >= 0.6 is 11.8 Å². The van der Waals surface area contributed by atoms with Gasteiger partial charge in [-0.3, -0.25) is 10.1 Å². The lowest BCUT2D eigenvalue weighted by atomic mass is 10.5. The monoisotopic (exact) mass is 294 g/mol. The third kappa shape index (κ3) is 4.09. The molecular weight excluding hydrogens is 284 g/mol. The molecule has 0 aromatic carbocycles. The molecule has 0 aliphatic carbocycles. The number of thioether (sulfide) groups is 1. The van der Waals surface area contributed by atoms with Crippen LogP contribution in [0.4, 0.5) is 5.69 Å². The van der Waals surface area contributed by atoms with E-state index in [4.69, 9.17) is 9.88 Å². The van der Waals surface area contributed by atoms with E-state index in [-0.39, 0.29) is 28.1 Å². The molecule has 0 aliphatic rings. The highest BCUT2D eigenvalue weighted by Gasteiger charge is 2.24. The summed E-state index contributed by atoms with van der Waals surface area (Å²) in [5, 5.41) is 15.7. The van der Waals surface area contributed by atoms with Crippen molar-refractivity contribution in [1.29, 1.82) is 0 Å². The number of nitrogens with zero attached hydrogens (tertiary/aromatic N) is 3. The minimum atomic E-state index is -3.61. The van der Waals surface area contributed by atoms with Crippen LogP contribution < -0.4 is 9.88 Å². The third-order valence-electron chi connectivity index (χ3n) is 1.74. The molecule has 18 heavy (non-hydrogen) atoms. The van der Waals surface area contributed by atoms with Gasteiger partial charge in [0.15, 0.2) is 5.03 Å². The lowest BCUT2D eigenvalue weighted by Crippen LogP contribution is -2.17. The SMILES string of the molecule is COc1ncnc(SCCS(N)(=O)=O)c1[N+](=O)[O-]. The molecule has 0 fully saturated rings. The van der Waals surface area contributed by atoms with Gasteiger partial charge in [0.1, 0.15) is 6.33 Å². The molecule has 2 N–H and O–H groups in total. The molecule has 0 amide bonds. The van der Waals surface area contributed by atoms with Crippen molar-refractivity contribution in [2.24, 2.45) is 5.14 Å². The van der Waals surface area contributed by atoms with Gasteiger partial charge in [-0.2, -0.15) is 4.98 Å². The Balaban J connectivity index is 2.92. The summed E-state index contributed by atoms with van der Waals surface area (Å²) in [6.45, 7) is 0. The van der Waals surface area contributed by atoms with E-state index in [1.165, 1.54) is 7.11 Å². The number of hydrogen-bond donors (Lipinski definition) is 1. The van der Waals surface area contributed by atoms with Gasteiger partial charge in [0, 0.05) is 5.75 Å². The van der Waals surface area contributed by atoms with E-state index in [2.05, 4.69) is 9.97 Å². The molecule has 0 saturated carbocycles. The van der Waals surface area contributed by atoms with Crippen molar-refractivity contribution in [3.05, 3.63) is 16.4 Å². The number of nitrogens with two attached hydrogens (primary N) is 1. The number of nitro groups is 1. The van der Waals surface area contributed by atoms with Crippen LogP contribution in [0.5, 0.6) is 5.88 Å². The molecule has 1 rings (SSSR count). The second-order valence-electron chi connectivity index (χ2n) is 3.01. The van der Waals surface area contributed by atoms with Crippen LogP contribution in [0.15, 0.2) is 11.4 Å². The lowest BCUT2D eigenvalue weighted by molar-refractivity contribution is -0.389. The van der Waals surface area contributed by atoms with Gasteiger partial charge in [0.2, 0.25) is 10.0 Å². The van der Waals surface area contributed by atoms with E-state index in [0.29, 0.717) is 0 Å². The summed E-state index contributed by atoms with van der Waals surface area (Å²) in [5.41, 5.74) is -0.389. The summed E-state index contributed by atoms with van der Waals surface area (Å²) in [6, 6.07) is 0. The Morgan fingerprint density at radius 1 is 1.56 bits per heavy atom. The van der Waals surface area contributed by atoms with Crippen LogP contribution in [0.3, 0.4) is 0 Å². The van der Waals surface area contributed by atoms with E-state index >= 15 is 0 Å². The summed E-state index contributed by atoms with van der Waals surface area (Å²) in [6.07, 6.45) is 1.10. The Kier molecular flexibility index (Phi) is 4.81. The van der Waals surface area contributed by atoms with Crippen molar-refractivity contribution < 1.29 is 18.1 Å².